The summed E-state index contributed by atoms with van der Waals surface area (Å²) in [6.45, 7) is 9.78. The van der Waals surface area contributed by atoms with Gasteiger partial charge in [-0.05, 0) is 44.8 Å². The van der Waals surface area contributed by atoms with Gasteiger partial charge in [0, 0.05) is 49.7 Å². The number of thiazole rings is 2. The van der Waals surface area contributed by atoms with Crippen molar-refractivity contribution in [3.8, 4) is 0 Å². The zero-order valence-electron chi connectivity index (χ0n) is 17.8. The molecule has 0 fully saturated rings. The molecule has 0 aromatic carbocycles. The molecular weight excluding hydrogens is 416 g/mol. The Morgan fingerprint density at radius 3 is 2.50 bits per heavy atom. The molecule has 1 amide bonds. The third kappa shape index (κ3) is 5.36. The SMILES string of the molecule is CC(C)(C)OC(=O)N1CC=C(c2nc(CN3CC=C(c4nccs4)CC3)cs2)CC1. The molecule has 4 heterocycles. The second kappa shape index (κ2) is 8.99. The van der Waals surface area contributed by atoms with E-state index in [0.717, 1.165) is 48.2 Å². The van der Waals surface area contributed by atoms with E-state index in [-0.39, 0.29) is 6.09 Å². The molecule has 8 heteroatoms. The average molecular weight is 445 g/mol. The number of carbonyl (C=O) groups excluding carboxylic acids is 1. The Hall–Kier alpha value is -2.03. The Kier molecular flexibility index (Phi) is 6.36. The summed E-state index contributed by atoms with van der Waals surface area (Å²) in [6, 6.07) is 0. The number of ether oxygens (including phenoxy) is 1. The first-order chi connectivity index (χ1) is 14.4. The summed E-state index contributed by atoms with van der Waals surface area (Å²) in [5.41, 5.74) is 3.25. The first-order valence-electron chi connectivity index (χ1n) is 10.3. The van der Waals surface area contributed by atoms with Crippen molar-refractivity contribution in [2.24, 2.45) is 0 Å². The van der Waals surface area contributed by atoms with Crippen LogP contribution in [0.3, 0.4) is 0 Å². The highest BCUT2D eigenvalue weighted by molar-refractivity contribution is 7.11. The smallest absolute Gasteiger partial charge is 0.410 e. The lowest BCUT2D eigenvalue weighted by atomic mass is 10.1. The second-order valence-corrected chi connectivity index (χ2v) is 10.4. The van der Waals surface area contributed by atoms with Crippen LogP contribution in [-0.2, 0) is 11.3 Å². The largest absolute Gasteiger partial charge is 0.444 e. The molecule has 4 rings (SSSR count). The van der Waals surface area contributed by atoms with Gasteiger partial charge >= 0.3 is 6.09 Å². The fourth-order valence-electron chi connectivity index (χ4n) is 3.54. The van der Waals surface area contributed by atoms with Crippen molar-refractivity contribution in [3.63, 3.8) is 0 Å². The third-order valence-corrected chi connectivity index (χ3v) is 6.89. The van der Waals surface area contributed by atoms with E-state index in [0.29, 0.717) is 13.1 Å². The van der Waals surface area contributed by atoms with Crippen LogP contribution >= 0.6 is 22.7 Å². The van der Waals surface area contributed by atoms with Crippen molar-refractivity contribution in [1.29, 1.82) is 0 Å². The maximum atomic E-state index is 12.2. The predicted octanol–water partition coefficient (Wildman–Crippen LogP) is 4.91. The summed E-state index contributed by atoms with van der Waals surface area (Å²) >= 11 is 3.41. The van der Waals surface area contributed by atoms with Gasteiger partial charge in [0.2, 0.25) is 0 Å². The monoisotopic (exact) mass is 444 g/mol. The van der Waals surface area contributed by atoms with Crippen molar-refractivity contribution in [2.75, 3.05) is 26.2 Å². The molecule has 160 valence electrons. The first-order valence-corrected chi connectivity index (χ1v) is 12.1. The van der Waals surface area contributed by atoms with Gasteiger partial charge in [-0.1, -0.05) is 12.2 Å². The molecule has 0 saturated carbocycles. The van der Waals surface area contributed by atoms with Crippen LogP contribution < -0.4 is 0 Å². The molecule has 2 aromatic heterocycles. The van der Waals surface area contributed by atoms with E-state index in [2.05, 4.69) is 27.4 Å². The Balaban J connectivity index is 1.31. The van der Waals surface area contributed by atoms with Crippen LogP contribution in [-0.4, -0.2) is 57.6 Å². The van der Waals surface area contributed by atoms with E-state index in [1.807, 2.05) is 32.3 Å². The van der Waals surface area contributed by atoms with Gasteiger partial charge in [-0.3, -0.25) is 4.90 Å². The molecule has 0 N–H and O–H groups in total. The van der Waals surface area contributed by atoms with Crippen LogP contribution in [0.1, 0.15) is 49.3 Å². The highest BCUT2D eigenvalue weighted by atomic mass is 32.1. The molecule has 0 bridgehead atoms. The van der Waals surface area contributed by atoms with Crippen LogP contribution in [0, 0.1) is 0 Å². The normalized spacial score (nSPS) is 18.2. The van der Waals surface area contributed by atoms with Gasteiger partial charge in [0.25, 0.3) is 0 Å². The minimum atomic E-state index is -0.462. The van der Waals surface area contributed by atoms with Gasteiger partial charge < -0.3 is 9.64 Å². The number of amides is 1. The van der Waals surface area contributed by atoms with Crippen molar-refractivity contribution >= 4 is 39.9 Å². The van der Waals surface area contributed by atoms with Crippen LogP contribution in [0.25, 0.3) is 11.1 Å². The zero-order valence-corrected chi connectivity index (χ0v) is 19.4. The van der Waals surface area contributed by atoms with Gasteiger partial charge in [0.05, 0.1) is 5.69 Å². The predicted molar refractivity (Wildman–Crippen MR) is 123 cm³/mol. The zero-order chi connectivity index (χ0) is 21.1. The highest BCUT2D eigenvalue weighted by Crippen LogP contribution is 2.28. The Morgan fingerprint density at radius 2 is 1.87 bits per heavy atom. The fraction of sp³-hybridized carbons (Fsp3) is 0.500. The third-order valence-electron chi connectivity index (χ3n) is 5.07. The quantitative estimate of drug-likeness (QED) is 0.670. The minimum Gasteiger partial charge on any atom is -0.444 e. The number of rotatable bonds is 4. The van der Waals surface area contributed by atoms with Crippen molar-refractivity contribution in [1.82, 2.24) is 19.8 Å². The Bertz CT molecular complexity index is 941. The molecule has 0 atom stereocenters. The number of hydrogen-bond acceptors (Lipinski definition) is 7. The Labute approximate surface area is 185 Å². The lowest BCUT2D eigenvalue weighted by molar-refractivity contribution is 0.0270. The van der Waals surface area contributed by atoms with E-state index in [1.54, 1.807) is 27.6 Å². The summed E-state index contributed by atoms with van der Waals surface area (Å²) in [4.78, 5) is 25.7. The van der Waals surface area contributed by atoms with E-state index < -0.39 is 5.60 Å². The van der Waals surface area contributed by atoms with Crippen molar-refractivity contribution in [3.05, 3.63) is 44.8 Å². The molecule has 0 saturated heterocycles. The standard InChI is InChI=1S/C22H28N4O2S2/c1-22(2,3)28-21(27)26-11-6-17(7-12-26)20-24-18(15-30-20)14-25-9-4-16(5-10-25)19-23-8-13-29-19/h4,6,8,13,15H,5,7,9-12,14H2,1-3H3. The van der Waals surface area contributed by atoms with Gasteiger partial charge in [-0.2, -0.15) is 0 Å². The number of hydrogen-bond donors (Lipinski definition) is 0. The van der Waals surface area contributed by atoms with Gasteiger partial charge in [0.1, 0.15) is 15.6 Å². The van der Waals surface area contributed by atoms with Crippen LogP contribution in [0.5, 0.6) is 0 Å². The summed E-state index contributed by atoms with van der Waals surface area (Å²) < 4.78 is 5.47. The van der Waals surface area contributed by atoms with Gasteiger partial charge in [-0.25, -0.2) is 14.8 Å². The lowest BCUT2D eigenvalue weighted by Crippen LogP contribution is -2.39. The minimum absolute atomic E-state index is 0.243. The Morgan fingerprint density at radius 1 is 1.10 bits per heavy atom. The molecule has 0 unspecified atom stereocenters. The molecule has 2 aliphatic heterocycles. The molecule has 0 spiro atoms. The summed E-state index contributed by atoms with van der Waals surface area (Å²) in [7, 11) is 0. The first kappa shape index (κ1) is 21.2. The number of nitrogens with zero attached hydrogens (tertiary/aromatic N) is 4. The van der Waals surface area contributed by atoms with Gasteiger partial charge in [-0.15, -0.1) is 22.7 Å². The summed E-state index contributed by atoms with van der Waals surface area (Å²) in [6.07, 6.45) is 7.89. The molecule has 2 aromatic rings. The van der Waals surface area contributed by atoms with E-state index in [1.165, 1.54) is 11.1 Å². The molecule has 0 aliphatic carbocycles. The molecular formula is C22H28N4O2S2. The number of carbonyl (C=O) groups is 1. The maximum Gasteiger partial charge on any atom is 0.410 e. The molecule has 0 radical (unpaired) electrons. The van der Waals surface area contributed by atoms with Crippen LogP contribution in [0.2, 0.25) is 0 Å². The summed E-state index contributed by atoms with van der Waals surface area (Å²) in [5.74, 6) is 0. The van der Waals surface area contributed by atoms with Crippen LogP contribution in [0.15, 0.2) is 29.1 Å². The average Bonchev–Trinajstić information content (AvgIpc) is 3.40. The van der Waals surface area contributed by atoms with Gasteiger partial charge in [0.15, 0.2) is 0 Å². The topological polar surface area (TPSA) is 58.6 Å². The van der Waals surface area contributed by atoms with E-state index in [9.17, 15) is 4.79 Å². The lowest BCUT2D eigenvalue weighted by Gasteiger charge is -2.29. The van der Waals surface area contributed by atoms with Crippen molar-refractivity contribution in [2.45, 2.75) is 45.8 Å². The van der Waals surface area contributed by atoms with E-state index in [4.69, 9.17) is 9.72 Å². The summed E-state index contributed by atoms with van der Waals surface area (Å²) in [5, 5.41) is 6.42. The molecule has 30 heavy (non-hydrogen) atoms. The number of aromatic nitrogens is 2. The van der Waals surface area contributed by atoms with Crippen LogP contribution in [0.4, 0.5) is 4.79 Å². The fourth-order valence-corrected chi connectivity index (χ4v) is 5.13. The van der Waals surface area contributed by atoms with Crippen molar-refractivity contribution < 1.29 is 9.53 Å². The maximum absolute atomic E-state index is 12.2. The highest BCUT2D eigenvalue weighted by Gasteiger charge is 2.24. The van der Waals surface area contributed by atoms with E-state index >= 15 is 0 Å². The molecule has 6 nitrogen and oxygen atoms in total. The molecule has 2 aliphatic rings. The second-order valence-electron chi connectivity index (χ2n) is 8.60.